The number of nitrogens with two attached hydrogens (primary N) is 1. The van der Waals surface area contributed by atoms with Crippen LogP contribution < -0.4 is 5.73 Å². The van der Waals surface area contributed by atoms with Crippen LogP contribution >= 0.6 is 24.0 Å². The maximum atomic E-state index is 10.0. The summed E-state index contributed by atoms with van der Waals surface area (Å²) in [5.74, 6) is 0. The van der Waals surface area contributed by atoms with Crippen molar-refractivity contribution in [3.8, 4) is 0 Å². The lowest BCUT2D eigenvalue weighted by atomic mass is 9.83. The molecule has 2 nitrogen and oxygen atoms in total. The highest BCUT2D eigenvalue weighted by Gasteiger charge is 2.23. The van der Waals surface area contributed by atoms with Crippen LogP contribution in [0.25, 0.3) is 0 Å². The van der Waals surface area contributed by atoms with Gasteiger partial charge in [0.2, 0.25) is 0 Å². The van der Waals surface area contributed by atoms with Crippen molar-refractivity contribution < 1.29 is 5.11 Å². The van der Waals surface area contributed by atoms with E-state index in [2.05, 4.69) is 20.8 Å². The summed E-state index contributed by atoms with van der Waals surface area (Å²) in [5, 5.41) is 10.7. The molecule has 2 atom stereocenters. The predicted molar refractivity (Wildman–Crippen MR) is 75.7 cm³/mol. The fraction of sp³-hybridized carbons (Fsp3) is 0.538. The van der Waals surface area contributed by atoms with Crippen molar-refractivity contribution in [3.05, 3.63) is 34.9 Å². The largest absolute Gasteiger partial charge is 0.388 e. The Morgan fingerprint density at radius 2 is 1.94 bits per heavy atom. The Kier molecular flexibility index (Phi) is 6.49. The van der Waals surface area contributed by atoms with Crippen LogP contribution in [0, 0.1) is 5.41 Å². The van der Waals surface area contributed by atoms with Crippen molar-refractivity contribution in [1.29, 1.82) is 0 Å². The molecule has 98 valence electrons. The average molecular weight is 278 g/mol. The van der Waals surface area contributed by atoms with E-state index < -0.39 is 6.10 Å². The van der Waals surface area contributed by atoms with Crippen LogP contribution in [0.1, 0.15) is 38.9 Å². The molecule has 3 N–H and O–H groups in total. The Labute approximate surface area is 115 Å². The summed E-state index contributed by atoms with van der Waals surface area (Å²) in [4.78, 5) is 0. The smallest absolute Gasteiger partial charge is 0.0805 e. The quantitative estimate of drug-likeness (QED) is 0.888. The van der Waals surface area contributed by atoms with Crippen molar-refractivity contribution in [3.63, 3.8) is 0 Å². The van der Waals surface area contributed by atoms with Gasteiger partial charge < -0.3 is 10.8 Å². The van der Waals surface area contributed by atoms with Gasteiger partial charge in [0.15, 0.2) is 0 Å². The fourth-order valence-electron chi connectivity index (χ4n) is 1.44. The summed E-state index contributed by atoms with van der Waals surface area (Å²) < 4.78 is 0. The summed E-state index contributed by atoms with van der Waals surface area (Å²) in [6.45, 7) is 6.22. The minimum absolute atomic E-state index is 0. The molecule has 0 aliphatic rings. The van der Waals surface area contributed by atoms with Gasteiger partial charge in [0.25, 0.3) is 0 Å². The van der Waals surface area contributed by atoms with Gasteiger partial charge in [-0.2, -0.15) is 0 Å². The lowest BCUT2D eigenvalue weighted by Gasteiger charge is -2.29. The number of aliphatic hydroxyl groups excluding tert-OH is 1. The van der Waals surface area contributed by atoms with E-state index in [0.29, 0.717) is 11.4 Å². The van der Waals surface area contributed by atoms with Crippen molar-refractivity contribution in [2.24, 2.45) is 11.1 Å². The molecule has 0 aromatic heterocycles. The van der Waals surface area contributed by atoms with Gasteiger partial charge in [-0.05, 0) is 29.5 Å². The Morgan fingerprint density at radius 3 is 2.41 bits per heavy atom. The minimum Gasteiger partial charge on any atom is -0.388 e. The number of rotatable bonds is 3. The Morgan fingerprint density at radius 1 is 1.35 bits per heavy atom. The number of benzene rings is 1. The SMILES string of the molecule is CC(C)(C)[C@@H](N)C[C@@H](O)c1cccc(Cl)c1.Cl. The zero-order valence-electron chi connectivity index (χ0n) is 10.5. The normalized spacial score (nSPS) is 14.9. The van der Waals surface area contributed by atoms with E-state index >= 15 is 0 Å². The van der Waals surface area contributed by atoms with Gasteiger partial charge in [-0.15, -0.1) is 12.4 Å². The van der Waals surface area contributed by atoms with Crippen LogP contribution in [0.2, 0.25) is 5.02 Å². The molecule has 0 fully saturated rings. The van der Waals surface area contributed by atoms with Crippen molar-refractivity contribution in [2.45, 2.75) is 39.3 Å². The first-order valence-electron chi connectivity index (χ1n) is 5.50. The van der Waals surface area contributed by atoms with Crippen LogP contribution in [0.4, 0.5) is 0 Å². The third kappa shape index (κ3) is 5.26. The monoisotopic (exact) mass is 277 g/mol. The van der Waals surface area contributed by atoms with E-state index in [1.165, 1.54) is 0 Å². The van der Waals surface area contributed by atoms with Gasteiger partial charge in [-0.3, -0.25) is 0 Å². The van der Waals surface area contributed by atoms with Gasteiger partial charge in [-0.1, -0.05) is 44.5 Å². The highest BCUT2D eigenvalue weighted by molar-refractivity contribution is 6.30. The highest BCUT2D eigenvalue weighted by atomic mass is 35.5. The highest BCUT2D eigenvalue weighted by Crippen LogP contribution is 2.27. The molecule has 0 radical (unpaired) electrons. The summed E-state index contributed by atoms with van der Waals surface area (Å²) >= 11 is 5.87. The van der Waals surface area contributed by atoms with Crippen molar-refractivity contribution >= 4 is 24.0 Å². The predicted octanol–water partition coefficient (Wildman–Crippen LogP) is 3.56. The minimum atomic E-state index is -0.548. The zero-order chi connectivity index (χ0) is 12.3. The molecule has 1 aromatic carbocycles. The van der Waals surface area contributed by atoms with Gasteiger partial charge in [0, 0.05) is 11.1 Å². The number of halogens is 2. The molecule has 1 rings (SSSR count). The van der Waals surface area contributed by atoms with E-state index in [4.69, 9.17) is 17.3 Å². The molecule has 0 amide bonds. The molecular formula is C13H21Cl2NO. The molecule has 0 aliphatic carbocycles. The Balaban J connectivity index is 0.00000256. The topological polar surface area (TPSA) is 46.2 Å². The molecule has 4 heteroatoms. The Bertz CT molecular complexity index is 350. The van der Waals surface area contributed by atoms with E-state index in [9.17, 15) is 5.11 Å². The van der Waals surface area contributed by atoms with Crippen LogP contribution in [0.3, 0.4) is 0 Å². The third-order valence-corrected chi connectivity index (χ3v) is 3.06. The van der Waals surface area contributed by atoms with Crippen molar-refractivity contribution in [2.75, 3.05) is 0 Å². The number of aliphatic hydroxyl groups is 1. The molecule has 0 saturated carbocycles. The van der Waals surface area contributed by atoms with E-state index in [0.717, 1.165) is 5.56 Å². The van der Waals surface area contributed by atoms with E-state index in [1.807, 2.05) is 12.1 Å². The standard InChI is InChI=1S/C13H20ClNO.ClH/c1-13(2,3)12(15)8-11(16)9-5-4-6-10(14)7-9;/h4-7,11-12,16H,8,15H2,1-3H3;1H/t11-,12+;/m1./s1. The molecule has 0 bridgehead atoms. The van der Waals surface area contributed by atoms with Crippen LogP contribution in [-0.4, -0.2) is 11.1 Å². The summed E-state index contributed by atoms with van der Waals surface area (Å²) in [7, 11) is 0. The first kappa shape index (κ1) is 16.7. The van der Waals surface area contributed by atoms with Crippen molar-refractivity contribution in [1.82, 2.24) is 0 Å². The maximum absolute atomic E-state index is 10.0. The average Bonchev–Trinajstić information content (AvgIpc) is 2.16. The number of hydrogen-bond acceptors (Lipinski definition) is 2. The molecule has 1 aromatic rings. The second-order valence-electron chi connectivity index (χ2n) is 5.28. The lowest BCUT2D eigenvalue weighted by Crippen LogP contribution is -2.36. The van der Waals surface area contributed by atoms with Gasteiger partial charge in [-0.25, -0.2) is 0 Å². The van der Waals surface area contributed by atoms with Gasteiger partial charge in [0.1, 0.15) is 0 Å². The fourth-order valence-corrected chi connectivity index (χ4v) is 1.64. The molecule has 0 saturated heterocycles. The summed E-state index contributed by atoms with van der Waals surface area (Å²) in [5.41, 5.74) is 6.86. The second kappa shape index (κ2) is 6.60. The van der Waals surface area contributed by atoms with E-state index in [1.54, 1.807) is 12.1 Å². The summed E-state index contributed by atoms with van der Waals surface area (Å²) in [6, 6.07) is 7.24. The van der Waals surface area contributed by atoms with Crippen LogP contribution in [0.15, 0.2) is 24.3 Å². The van der Waals surface area contributed by atoms with Gasteiger partial charge >= 0.3 is 0 Å². The molecule has 17 heavy (non-hydrogen) atoms. The lowest BCUT2D eigenvalue weighted by molar-refractivity contribution is 0.133. The zero-order valence-corrected chi connectivity index (χ0v) is 12.1. The second-order valence-corrected chi connectivity index (χ2v) is 5.72. The summed E-state index contributed by atoms with van der Waals surface area (Å²) in [6.07, 6.45) is -0.00274. The number of hydrogen-bond donors (Lipinski definition) is 2. The molecular weight excluding hydrogens is 257 g/mol. The molecule has 0 spiro atoms. The maximum Gasteiger partial charge on any atom is 0.0805 e. The van der Waals surface area contributed by atoms with Gasteiger partial charge in [0.05, 0.1) is 6.10 Å². The van der Waals surface area contributed by atoms with Crippen LogP contribution in [-0.2, 0) is 0 Å². The third-order valence-electron chi connectivity index (χ3n) is 2.82. The first-order chi connectivity index (χ1) is 7.30. The van der Waals surface area contributed by atoms with E-state index in [-0.39, 0.29) is 23.9 Å². The first-order valence-corrected chi connectivity index (χ1v) is 5.87. The molecule has 0 aliphatic heterocycles. The molecule has 0 heterocycles. The molecule has 0 unspecified atom stereocenters. The Hall–Kier alpha value is -0.280. The van der Waals surface area contributed by atoms with Crippen LogP contribution in [0.5, 0.6) is 0 Å².